The van der Waals surface area contributed by atoms with Crippen LogP contribution in [-0.2, 0) is 0 Å². The fourth-order valence-corrected chi connectivity index (χ4v) is 1.93. The van der Waals surface area contributed by atoms with Crippen LogP contribution in [0.15, 0.2) is 24.3 Å². The van der Waals surface area contributed by atoms with Gasteiger partial charge in [0.25, 0.3) is 5.91 Å². The second-order valence-corrected chi connectivity index (χ2v) is 4.82. The van der Waals surface area contributed by atoms with E-state index < -0.39 is 24.0 Å². The topological polar surface area (TPSA) is 104 Å². The highest BCUT2D eigenvalue weighted by Crippen LogP contribution is 2.12. The first kappa shape index (κ1) is 16.1. The van der Waals surface area contributed by atoms with E-state index in [1.165, 1.54) is 17.0 Å². The Bertz CT molecular complexity index is 476. The fraction of sp³-hybridized carbons (Fsp3) is 0.429. The molecule has 0 saturated carbocycles. The molecular formula is C14H20N2O4. The number of rotatable bonds is 6. The highest BCUT2D eigenvalue weighted by atomic mass is 16.3. The van der Waals surface area contributed by atoms with Gasteiger partial charge in [-0.15, -0.1) is 0 Å². The molecule has 2 amide bonds. The number of hydrogen-bond acceptors (Lipinski definition) is 4. The van der Waals surface area contributed by atoms with Gasteiger partial charge in [0.1, 0.15) is 0 Å². The number of primary amides is 1. The van der Waals surface area contributed by atoms with Crippen LogP contribution in [0.1, 0.15) is 34.6 Å². The lowest BCUT2D eigenvalue weighted by atomic mass is 10.1. The Hall–Kier alpha value is -1.92. The molecule has 0 aromatic heterocycles. The van der Waals surface area contributed by atoms with Crippen LogP contribution in [0.3, 0.4) is 0 Å². The normalized spacial score (nSPS) is 13.6. The van der Waals surface area contributed by atoms with E-state index in [1.54, 1.807) is 26.0 Å². The molecular weight excluding hydrogens is 260 g/mol. The number of aliphatic hydroxyl groups is 2. The molecule has 0 radical (unpaired) electrons. The second kappa shape index (κ2) is 7.02. The van der Waals surface area contributed by atoms with Crippen molar-refractivity contribution >= 4 is 11.8 Å². The predicted molar refractivity (Wildman–Crippen MR) is 74.2 cm³/mol. The molecule has 1 rings (SSSR count). The van der Waals surface area contributed by atoms with Gasteiger partial charge in [0.05, 0.1) is 23.3 Å². The van der Waals surface area contributed by atoms with Gasteiger partial charge in [-0.1, -0.05) is 12.1 Å². The molecule has 4 N–H and O–H groups in total. The van der Waals surface area contributed by atoms with Crippen LogP contribution in [0.25, 0.3) is 0 Å². The zero-order valence-corrected chi connectivity index (χ0v) is 11.6. The van der Waals surface area contributed by atoms with Crippen LogP contribution in [-0.4, -0.2) is 52.2 Å². The van der Waals surface area contributed by atoms with Crippen LogP contribution in [0, 0.1) is 0 Å². The number of aliphatic hydroxyl groups excluding tert-OH is 2. The Labute approximate surface area is 117 Å². The lowest BCUT2D eigenvalue weighted by molar-refractivity contribution is 0.0516. The predicted octanol–water partition coefficient (Wildman–Crippen LogP) is -0.0107. The Morgan fingerprint density at radius 2 is 1.55 bits per heavy atom. The molecule has 2 unspecified atom stereocenters. The number of benzene rings is 1. The molecule has 1 aromatic rings. The number of nitrogens with two attached hydrogens (primary N) is 1. The molecule has 0 heterocycles. The summed E-state index contributed by atoms with van der Waals surface area (Å²) in [4.78, 5) is 25.1. The monoisotopic (exact) mass is 280 g/mol. The zero-order chi connectivity index (χ0) is 15.3. The number of nitrogens with zero attached hydrogens (tertiary/aromatic N) is 1. The standard InChI is InChI=1S/C14H20N2O4/c1-9(17)7-16(8-10(2)18)14(20)12-6-4-3-5-11(12)13(15)19/h3-6,9-10,17-18H,7-8H2,1-2H3,(H2,15,19). The summed E-state index contributed by atoms with van der Waals surface area (Å²) in [5.41, 5.74) is 5.54. The summed E-state index contributed by atoms with van der Waals surface area (Å²) >= 11 is 0. The third kappa shape index (κ3) is 4.32. The van der Waals surface area contributed by atoms with Crippen LogP contribution >= 0.6 is 0 Å². The molecule has 20 heavy (non-hydrogen) atoms. The van der Waals surface area contributed by atoms with Crippen molar-refractivity contribution in [3.63, 3.8) is 0 Å². The third-order valence-electron chi connectivity index (χ3n) is 2.68. The summed E-state index contributed by atoms with van der Waals surface area (Å²) in [7, 11) is 0. The average Bonchev–Trinajstić information content (AvgIpc) is 2.36. The van der Waals surface area contributed by atoms with Gasteiger partial charge in [-0.25, -0.2) is 0 Å². The number of hydrogen-bond donors (Lipinski definition) is 3. The molecule has 0 bridgehead atoms. The Morgan fingerprint density at radius 3 is 1.95 bits per heavy atom. The highest BCUT2D eigenvalue weighted by Gasteiger charge is 2.22. The van der Waals surface area contributed by atoms with Gasteiger partial charge in [-0.3, -0.25) is 9.59 Å². The van der Waals surface area contributed by atoms with Crippen LogP contribution in [0.4, 0.5) is 0 Å². The number of carbonyl (C=O) groups is 2. The van der Waals surface area contributed by atoms with E-state index in [2.05, 4.69) is 0 Å². The fourth-order valence-electron chi connectivity index (χ4n) is 1.93. The largest absolute Gasteiger partial charge is 0.392 e. The minimum Gasteiger partial charge on any atom is -0.392 e. The molecule has 6 nitrogen and oxygen atoms in total. The van der Waals surface area contributed by atoms with Gasteiger partial charge >= 0.3 is 0 Å². The lowest BCUT2D eigenvalue weighted by Crippen LogP contribution is -2.41. The summed E-state index contributed by atoms with van der Waals surface area (Å²) < 4.78 is 0. The maximum atomic E-state index is 12.4. The molecule has 0 fully saturated rings. The summed E-state index contributed by atoms with van der Waals surface area (Å²) in [5.74, 6) is -1.14. The van der Waals surface area contributed by atoms with Crippen LogP contribution in [0.2, 0.25) is 0 Å². The Morgan fingerprint density at radius 1 is 1.10 bits per heavy atom. The smallest absolute Gasteiger partial charge is 0.254 e. The van der Waals surface area contributed by atoms with Crippen molar-refractivity contribution < 1.29 is 19.8 Å². The van der Waals surface area contributed by atoms with E-state index in [9.17, 15) is 19.8 Å². The van der Waals surface area contributed by atoms with E-state index in [0.717, 1.165) is 0 Å². The summed E-state index contributed by atoms with van der Waals surface area (Å²) in [5, 5.41) is 18.9. The highest BCUT2D eigenvalue weighted by molar-refractivity contribution is 6.06. The van der Waals surface area contributed by atoms with Gasteiger partial charge in [-0.05, 0) is 26.0 Å². The Balaban J connectivity index is 3.08. The van der Waals surface area contributed by atoms with Crippen molar-refractivity contribution in [3.8, 4) is 0 Å². The molecule has 6 heteroatoms. The molecule has 0 saturated heterocycles. The molecule has 0 spiro atoms. The van der Waals surface area contributed by atoms with Gasteiger partial charge < -0.3 is 20.8 Å². The van der Waals surface area contributed by atoms with Gasteiger partial charge in [0, 0.05) is 13.1 Å². The van der Waals surface area contributed by atoms with Crippen molar-refractivity contribution in [1.82, 2.24) is 4.90 Å². The van der Waals surface area contributed by atoms with Crippen molar-refractivity contribution in [3.05, 3.63) is 35.4 Å². The molecule has 2 atom stereocenters. The van der Waals surface area contributed by atoms with E-state index >= 15 is 0 Å². The lowest BCUT2D eigenvalue weighted by Gasteiger charge is -2.26. The van der Waals surface area contributed by atoms with Crippen molar-refractivity contribution in [2.45, 2.75) is 26.1 Å². The van der Waals surface area contributed by atoms with E-state index in [0.29, 0.717) is 0 Å². The summed E-state index contributed by atoms with van der Waals surface area (Å²) in [6.45, 7) is 3.22. The molecule has 110 valence electrons. The van der Waals surface area contributed by atoms with Crippen molar-refractivity contribution in [2.24, 2.45) is 5.73 Å². The third-order valence-corrected chi connectivity index (χ3v) is 2.68. The maximum Gasteiger partial charge on any atom is 0.254 e. The van der Waals surface area contributed by atoms with Crippen molar-refractivity contribution in [1.29, 1.82) is 0 Å². The minimum absolute atomic E-state index is 0.0663. The quantitative estimate of drug-likeness (QED) is 0.681. The molecule has 0 aliphatic rings. The molecule has 0 aliphatic carbocycles. The van der Waals surface area contributed by atoms with E-state index in [-0.39, 0.29) is 24.2 Å². The summed E-state index contributed by atoms with van der Waals surface area (Å²) in [6.07, 6.45) is -1.48. The zero-order valence-electron chi connectivity index (χ0n) is 11.6. The van der Waals surface area contributed by atoms with E-state index in [1.807, 2.05) is 0 Å². The summed E-state index contributed by atoms with van der Waals surface area (Å²) in [6, 6.07) is 6.21. The van der Waals surface area contributed by atoms with Crippen molar-refractivity contribution in [2.75, 3.05) is 13.1 Å². The molecule has 0 aliphatic heterocycles. The number of carbonyl (C=O) groups excluding carboxylic acids is 2. The first-order chi connectivity index (χ1) is 9.32. The Kier molecular flexibility index (Phi) is 5.66. The first-order valence-corrected chi connectivity index (χ1v) is 6.37. The van der Waals surface area contributed by atoms with E-state index in [4.69, 9.17) is 5.73 Å². The average molecular weight is 280 g/mol. The molecule has 1 aromatic carbocycles. The van der Waals surface area contributed by atoms with Gasteiger partial charge in [0.15, 0.2) is 0 Å². The van der Waals surface area contributed by atoms with Gasteiger partial charge in [0.2, 0.25) is 5.91 Å². The first-order valence-electron chi connectivity index (χ1n) is 6.37. The number of amides is 2. The maximum absolute atomic E-state index is 12.4. The SMILES string of the molecule is CC(O)CN(CC(C)O)C(=O)c1ccccc1C(N)=O. The minimum atomic E-state index is -0.738. The second-order valence-electron chi connectivity index (χ2n) is 4.82. The van der Waals surface area contributed by atoms with Crippen LogP contribution in [0.5, 0.6) is 0 Å². The van der Waals surface area contributed by atoms with Crippen LogP contribution < -0.4 is 5.73 Å². The van der Waals surface area contributed by atoms with Gasteiger partial charge in [-0.2, -0.15) is 0 Å².